The highest BCUT2D eigenvalue weighted by atomic mass is 16.5. The second-order valence-electron chi connectivity index (χ2n) is 4.74. The van der Waals surface area contributed by atoms with E-state index in [0.29, 0.717) is 24.7 Å². The zero-order chi connectivity index (χ0) is 14.5. The number of nitrogens with one attached hydrogen (secondary N) is 1. The molecule has 0 spiro atoms. The van der Waals surface area contributed by atoms with Crippen LogP contribution in [0.2, 0.25) is 0 Å². The molecule has 1 aliphatic rings. The predicted octanol–water partition coefficient (Wildman–Crippen LogP) is 1.57. The number of carbonyl (C=O) groups excluding carboxylic acids is 1. The van der Waals surface area contributed by atoms with Gasteiger partial charge in [0.05, 0.1) is 26.7 Å². The van der Waals surface area contributed by atoms with Crippen molar-refractivity contribution in [3.05, 3.63) is 23.8 Å². The van der Waals surface area contributed by atoms with Crippen molar-refractivity contribution in [2.24, 2.45) is 5.92 Å². The van der Waals surface area contributed by atoms with Gasteiger partial charge in [-0.2, -0.15) is 0 Å². The van der Waals surface area contributed by atoms with Gasteiger partial charge in [-0.15, -0.1) is 0 Å². The zero-order valence-corrected chi connectivity index (χ0v) is 12.1. The maximum atomic E-state index is 12.0. The summed E-state index contributed by atoms with van der Waals surface area (Å²) in [5, 5.41) is 3.25. The molecule has 1 heterocycles. The molecule has 1 N–H and O–H groups in total. The molecule has 0 saturated carbocycles. The Bertz CT molecular complexity index is 475. The van der Waals surface area contributed by atoms with E-state index in [2.05, 4.69) is 5.32 Å². The van der Waals surface area contributed by atoms with Crippen LogP contribution >= 0.6 is 0 Å². The Balaban J connectivity index is 2.23. The Morgan fingerprint density at radius 1 is 1.25 bits per heavy atom. The Morgan fingerprint density at radius 2 is 2.00 bits per heavy atom. The molecule has 110 valence electrons. The third-order valence-electron chi connectivity index (χ3n) is 3.64. The van der Waals surface area contributed by atoms with Crippen molar-refractivity contribution < 1.29 is 19.0 Å². The fourth-order valence-electron chi connectivity index (χ4n) is 2.61. The first kappa shape index (κ1) is 14.7. The van der Waals surface area contributed by atoms with Gasteiger partial charge in [0.1, 0.15) is 0 Å². The second kappa shape index (κ2) is 6.61. The third-order valence-corrected chi connectivity index (χ3v) is 3.64. The molecule has 0 aromatic heterocycles. The van der Waals surface area contributed by atoms with E-state index in [9.17, 15) is 4.79 Å². The molecular weight excluding hydrogens is 258 g/mol. The zero-order valence-electron chi connectivity index (χ0n) is 12.1. The average Bonchev–Trinajstić information content (AvgIpc) is 2.96. The van der Waals surface area contributed by atoms with E-state index >= 15 is 0 Å². The fraction of sp³-hybridized carbons (Fsp3) is 0.533. The molecule has 2 atom stereocenters. The fourth-order valence-corrected chi connectivity index (χ4v) is 2.61. The molecule has 2 rings (SSSR count). The molecule has 0 aliphatic carbocycles. The molecule has 1 fully saturated rings. The number of rotatable bonds is 5. The van der Waals surface area contributed by atoms with E-state index in [4.69, 9.17) is 14.2 Å². The minimum atomic E-state index is -0.145. The SMILES string of the molecule is CCOC(=O)C1CNCC1c1ccc(OC)c(OC)c1. The van der Waals surface area contributed by atoms with Gasteiger partial charge in [0.2, 0.25) is 0 Å². The van der Waals surface area contributed by atoms with Crippen LogP contribution in [-0.4, -0.2) is 39.9 Å². The van der Waals surface area contributed by atoms with Gasteiger partial charge in [-0.05, 0) is 24.6 Å². The summed E-state index contributed by atoms with van der Waals surface area (Å²) < 4.78 is 15.7. The lowest BCUT2D eigenvalue weighted by Gasteiger charge is -2.19. The lowest BCUT2D eigenvalue weighted by atomic mass is 9.89. The first-order valence-corrected chi connectivity index (χ1v) is 6.80. The van der Waals surface area contributed by atoms with Crippen LogP contribution < -0.4 is 14.8 Å². The second-order valence-corrected chi connectivity index (χ2v) is 4.74. The minimum absolute atomic E-state index is 0.105. The van der Waals surface area contributed by atoms with E-state index in [1.807, 2.05) is 25.1 Å². The molecule has 2 unspecified atom stereocenters. The van der Waals surface area contributed by atoms with Crippen LogP contribution in [0.15, 0.2) is 18.2 Å². The van der Waals surface area contributed by atoms with Gasteiger partial charge in [-0.1, -0.05) is 6.07 Å². The molecule has 1 aromatic rings. The number of methoxy groups -OCH3 is 2. The standard InChI is InChI=1S/C15H21NO4/c1-4-20-15(17)12-9-16-8-11(12)10-5-6-13(18-2)14(7-10)19-3/h5-7,11-12,16H,4,8-9H2,1-3H3. The quantitative estimate of drug-likeness (QED) is 0.829. The van der Waals surface area contributed by atoms with Crippen LogP contribution in [0.4, 0.5) is 0 Å². The van der Waals surface area contributed by atoms with Crippen LogP contribution in [0.25, 0.3) is 0 Å². The highest BCUT2D eigenvalue weighted by molar-refractivity contribution is 5.74. The number of hydrogen-bond donors (Lipinski definition) is 1. The van der Waals surface area contributed by atoms with Crippen molar-refractivity contribution in [1.29, 1.82) is 0 Å². The Labute approximate surface area is 119 Å². The predicted molar refractivity (Wildman–Crippen MR) is 75.3 cm³/mol. The average molecular weight is 279 g/mol. The van der Waals surface area contributed by atoms with E-state index in [-0.39, 0.29) is 17.8 Å². The van der Waals surface area contributed by atoms with Gasteiger partial charge >= 0.3 is 5.97 Å². The van der Waals surface area contributed by atoms with Gasteiger partial charge in [0, 0.05) is 19.0 Å². The summed E-state index contributed by atoms with van der Waals surface area (Å²) in [5.74, 6) is 1.19. The topological polar surface area (TPSA) is 56.8 Å². The number of esters is 1. The van der Waals surface area contributed by atoms with Gasteiger partial charge in [-0.25, -0.2) is 0 Å². The lowest BCUT2D eigenvalue weighted by molar-refractivity contribution is -0.147. The monoisotopic (exact) mass is 279 g/mol. The van der Waals surface area contributed by atoms with Crippen molar-refractivity contribution in [3.8, 4) is 11.5 Å². The Kier molecular flexibility index (Phi) is 4.84. The number of ether oxygens (including phenoxy) is 3. The third kappa shape index (κ3) is 2.88. The molecule has 1 saturated heterocycles. The summed E-state index contributed by atoms with van der Waals surface area (Å²) in [7, 11) is 3.22. The van der Waals surface area contributed by atoms with Crippen molar-refractivity contribution in [2.45, 2.75) is 12.8 Å². The van der Waals surface area contributed by atoms with Crippen molar-refractivity contribution >= 4 is 5.97 Å². The highest BCUT2D eigenvalue weighted by Gasteiger charge is 2.35. The van der Waals surface area contributed by atoms with Crippen LogP contribution in [-0.2, 0) is 9.53 Å². The Morgan fingerprint density at radius 3 is 2.65 bits per heavy atom. The van der Waals surface area contributed by atoms with Crippen molar-refractivity contribution in [2.75, 3.05) is 33.9 Å². The first-order valence-electron chi connectivity index (χ1n) is 6.80. The van der Waals surface area contributed by atoms with Gasteiger partial charge in [-0.3, -0.25) is 4.79 Å². The van der Waals surface area contributed by atoms with Crippen LogP contribution in [0.5, 0.6) is 11.5 Å². The van der Waals surface area contributed by atoms with Crippen LogP contribution in [0.1, 0.15) is 18.4 Å². The lowest BCUT2D eigenvalue weighted by Crippen LogP contribution is -2.24. The molecule has 20 heavy (non-hydrogen) atoms. The molecule has 1 aromatic carbocycles. The van der Waals surface area contributed by atoms with Gasteiger partial charge in [0.25, 0.3) is 0 Å². The number of benzene rings is 1. The van der Waals surface area contributed by atoms with E-state index in [1.54, 1.807) is 14.2 Å². The van der Waals surface area contributed by atoms with Gasteiger partial charge in [0.15, 0.2) is 11.5 Å². The summed E-state index contributed by atoms with van der Waals surface area (Å²) >= 11 is 0. The minimum Gasteiger partial charge on any atom is -0.493 e. The van der Waals surface area contributed by atoms with Crippen LogP contribution in [0, 0.1) is 5.92 Å². The summed E-state index contributed by atoms with van der Waals surface area (Å²) in [6.07, 6.45) is 0. The summed E-state index contributed by atoms with van der Waals surface area (Å²) in [4.78, 5) is 12.0. The number of hydrogen-bond acceptors (Lipinski definition) is 5. The van der Waals surface area contributed by atoms with E-state index in [1.165, 1.54) is 0 Å². The summed E-state index contributed by atoms with van der Waals surface area (Å²) in [6.45, 7) is 3.65. The van der Waals surface area contributed by atoms with E-state index < -0.39 is 0 Å². The smallest absolute Gasteiger partial charge is 0.310 e. The normalized spacial score (nSPS) is 21.6. The molecule has 5 nitrogen and oxygen atoms in total. The molecule has 5 heteroatoms. The first-order chi connectivity index (χ1) is 9.71. The molecular formula is C15H21NO4. The summed E-state index contributed by atoms with van der Waals surface area (Å²) in [5.41, 5.74) is 1.06. The van der Waals surface area contributed by atoms with E-state index in [0.717, 1.165) is 12.1 Å². The maximum absolute atomic E-state index is 12.0. The van der Waals surface area contributed by atoms with Crippen molar-refractivity contribution in [1.82, 2.24) is 5.32 Å². The maximum Gasteiger partial charge on any atom is 0.310 e. The Hall–Kier alpha value is -1.75. The number of carbonyl (C=O) groups is 1. The van der Waals surface area contributed by atoms with Crippen molar-refractivity contribution in [3.63, 3.8) is 0 Å². The summed E-state index contributed by atoms with van der Waals surface area (Å²) in [6, 6.07) is 5.78. The molecule has 1 aliphatic heterocycles. The molecule has 0 bridgehead atoms. The largest absolute Gasteiger partial charge is 0.493 e. The van der Waals surface area contributed by atoms with Crippen LogP contribution in [0.3, 0.4) is 0 Å². The highest BCUT2D eigenvalue weighted by Crippen LogP contribution is 2.35. The molecule has 0 amide bonds. The molecule has 0 radical (unpaired) electrons. The van der Waals surface area contributed by atoms with Gasteiger partial charge < -0.3 is 19.5 Å².